The summed E-state index contributed by atoms with van der Waals surface area (Å²) in [4.78, 5) is 4.73. The van der Waals surface area contributed by atoms with E-state index in [4.69, 9.17) is 21.3 Å². The van der Waals surface area contributed by atoms with Gasteiger partial charge in [0.2, 0.25) is 0 Å². The first-order chi connectivity index (χ1) is 9.72. The van der Waals surface area contributed by atoms with E-state index in [1.54, 1.807) is 0 Å². The number of fused-ring (bicyclic) bond motifs is 1. The van der Waals surface area contributed by atoms with E-state index in [0.717, 1.165) is 41.7 Å². The largest absolute Gasteiger partial charge is 0.378 e. The quantitative estimate of drug-likeness (QED) is 0.745. The Bertz CT molecular complexity index is 607. The minimum atomic E-state index is 0.401. The van der Waals surface area contributed by atoms with Crippen molar-refractivity contribution < 1.29 is 4.74 Å². The molecule has 2 aromatic rings. The fourth-order valence-corrected chi connectivity index (χ4v) is 3.42. The topological polar surface area (TPSA) is 27.1 Å². The van der Waals surface area contributed by atoms with Crippen molar-refractivity contribution in [3.05, 3.63) is 28.5 Å². The van der Waals surface area contributed by atoms with Crippen LogP contribution in [0.5, 0.6) is 0 Å². The van der Waals surface area contributed by atoms with Crippen LogP contribution in [0.25, 0.3) is 11.0 Å². The fraction of sp³-hybridized carbons (Fsp3) is 0.533. The monoisotopic (exact) mass is 356 g/mol. The summed E-state index contributed by atoms with van der Waals surface area (Å²) in [5.41, 5.74) is 2.24. The maximum Gasteiger partial charge on any atom is 0.111 e. The first kappa shape index (κ1) is 14.4. The van der Waals surface area contributed by atoms with Crippen LogP contribution in [0.3, 0.4) is 0 Å². The van der Waals surface area contributed by atoms with Gasteiger partial charge in [-0.1, -0.05) is 15.9 Å². The summed E-state index contributed by atoms with van der Waals surface area (Å²) in [6, 6.07) is 6.73. The van der Waals surface area contributed by atoms with Crippen LogP contribution in [-0.4, -0.2) is 28.1 Å². The smallest absolute Gasteiger partial charge is 0.111 e. The highest BCUT2D eigenvalue weighted by molar-refractivity contribution is 9.10. The lowest BCUT2D eigenvalue weighted by Gasteiger charge is -2.37. The molecule has 1 aliphatic carbocycles. The molecule has 1 aliphatic rings. The van der Waals surface area contributed by atoms with E-state index in [0.29, 0.717) is 18.0 Å². The van der Waals surface area contributed by atoms with E-state index in [2.05, 4.69) is 39.6 Å². The van der Waals surface area contributed by atoms with Crippen LogP contribution in [0.4, 0.5) is 0 Å². The standard InChI is InChI=1S/C15H18BrClN2O/c1-2-20-12-8-11(9-12)19-14-7-10(16)3-4-13(14)18-15(19)5-6-17/h3-4,7,11-12H,2,5-6,8-9H2,1H3. The maximum absolute atomic E-state index is 5.92. The molecule has 1 aromatic carbocycles. The van der Waals surface area contributed by atoms with Crippen LogP contribution in [0.2, 0.25) is 0 Å². The molecular formula is C15H18BrClN2O. The number of alkyl halides is 1. The lowest BCUT2D eigenvalue weighted by atomic mass is 9.88. The Balaban J connectivity index is 1.95. The number of hydrogen-bond donors (Lipinski definition) is 0. The Morgan fingerprint density at radius 3 is 2.95 bits per heavy atom. The van der Waals surface area contributed by atoms with E-state index in [1.807, 2.05) is 6.07 Å². The third-order valence-electron chi connectivity index (χ3n) is 3.88. The molecule has 1 heterocycles. The third kappa shape index (κ3) is 2.61. The van der Waals surface area contributed by atoms with E-state index in [1.165, 1.54) is 5.52 Å². The number of hydrogen-bond acceptors (Lipinski definition) is 2. The predicted molar refractivity (Wildman–Crippen MR) is 85.5 cm³/mol. The Morgan fingerprint density at radius 2 is 2.25 bits per heavy atom. The minimum absolute atomic E-state index is 0.401. The summed E-state index contributed by atoms with van der Waals surface area (Å²) in [5.74, 6) is 1.69. The molecule has 1 fully saturated rings. The molecule has 0 amide bonds. The van der Waals surface area contributed by atoms with Gasteiger partial charge in [0.15, 0.2) is 0 Å². The summed E-state index contributed by atoms with van der Waals surface area (Å²) in [6.07, 6.45) is 3.35. The van der Waals surface area contributed by atoms with Crippen molar-refractivity contribution in [2.24, 2.45) is 0 Å². The van der Waals surface area contributed by atoms with Gasteiger partial charge in [0.1, 0.15) is 5.82 Å². The molecule has 0 atom stereocenters. The molecule has 3 nitrogen and oxygen atoms in total. The van der Waals surface area contributed by atoms with Crippen molar-refractivity contribution in [2.75, 3.05) is 12.5 Å². The molecule has 1 aromatic heterocycles. The second-order valence-corrected chi connectivity index (χ2v) is 6.47. The first-order valence-electron chi connectivity index (χ1n) is 7.06. The summed E-state index contributed by atoms with van der Waals surface area (Å²) in [6.45, 7) is 2.85. The highest BCUT2D eigenvalue weighted by atomic mass is 79.9. The van der Waals surface area contributed by atoms with Crippen molar-refractivity contribution in [3.63, 3.8) is 0 Å². The summed E-state index contributed by atoms with van der Waals surface area (Å²) in [5, 5.41) is 0. The van der Waals surface area contributed by atoms with Crippen LogP contribution in [0.15, 0.2) is 22.7 Å². The average molecular weight is 358 g/mol. The SMILES string of the molecule is CCOC1CC(n2c(CCCl)nc3ccc(Br)cc32)C1. The number of aromatic nitrogens is 2. The van der Waals surface area contributed by atoms with Crippen molar-refractivity contribution >= 4 is 38.6 Å². The van der Waals surface area contributed by atoms with Crippen LogP contribution in [-0.2, 0) is 11.2 Å². The number of imidazole rings is 1. The van der Waals surface area contributed by atoms with E-state index >= 15 is 0 Å². The minimum Gasteiger partial charge on any atom is -0.378 e. The Hall–Kier alpha value is -0.580. The highest BCUT2D eigenvalue weighted by Gasteiger charge is 2.33. The van der Waals surface area contributed by atoms with Gasteiger partial charge in [-0.25, -0.2) is 4.98 Å². The zero-order chi connectivity index (χ0) is 14.1. The van der Waals surface area contributed by atoms with E-state index in [9.17, 15) is 0 Å². The van der Waals surface area contributed by atoms with Crippen molar-refractivity contribution in [1.82, 2.24) is 9.55 Å². The van der Waals surface area contributed by atoms with Crippen LogP contribution in [0.1, 0.15) is 31.6 Å². The van der Waals surface area contributed by atoms with E-state index < -0.39 is 0 Å². The zero-order valence-electron chi connectivity index (χ0n) is 11.5. The molecule has 0 unspecified atom stereocenters. The Morgan fingerprint density at radius 1 is 1.45 bits per heavy atom. The van der Waals surface area contributed by atoms with Gasteiger partial charge in [0.25, 0.3) is 0 Å². The molecule has 1 saturated carbocycles. The van der Waals surface area contributed by atoms with Crippen molar-refractivity contribution in [2.45, 2.75) is 38.3 Å². The second kappa shape index (κ2) is 6.04. The molecule has 0 bridgehead atoms. The fourth-order valence-electron chi connectivity index (χ4n) is 2.90. The average Bonchev–Trinajstić information content (AvgIpc) is 2.71. The Kier molecular flexibility index (Phi) is 4.34. The lowest BCUT2D eigenvalue weighted by molar-refractivity contribution is -0.0192. The normalized spacial score (nSPS) is 22.1. The number of benzene rings is 1. The number of rotatable bonds is 5. The van der Waals surface area contributed by atoms with Gasteiger partial charge in [-0.15, -0.1) is 11.6 Å². The molecule has 0 radical (unpaired) electrons. The number of aryl methyl sites for hydroxylation is 1. The van der Waals surface area contributed by atoms with Gasteiger partial charge in [-0.2, -0.15) is 0 Å². The molecule has 20 heavy (non-hydrogen) atoms. The van der Waals surface area contributed by atoms with Crippen LogP contribution >= 0.6 is 27.5 Å². The highest BCUT2D eigenvalue weighted by Crippen LogP contribution is 2.38. The van der Waals surface area contributed by atoms with Crippen molar-refractivity contribution in [3.8, 4) is 0 Å². The third-order valence-corrected chi connectivity index (χ3v) is 4.56. The molecule has 3 rings (SSSR count). The van der Waals surface area contributed by atoms with Gasteiger partial charge in [0.05, 0.1) is 17.1 Å². The summed E-state index contributed by atoms with van der Waals surface area (Å²) >= 11 is 9.47. The summed E-state index contributed by atoms with van der Waals surface area (Å²) in [7, 11) is 0. The number of halogens is 2. The van der Waals surface area contributed by atoms with Gasteiger partial charge < -0.3 is 9.30 Å². The molecule has 0 aliphatic heterocycles. The van der Waals surface area contributed by atoms with Gasteiger partial charge in [-0.05, 0) is 38.0 Å². The molecule has 0 N–H and O–H groups in total. The molecule has 0 saturated heterocycles. The lowest BCUT2D eigenvalue weighted by Crippen LogP contribution is -2.34. The molecule has 5 heteroatoms. The second-order valence-electron chi connectivity index (χ2n) is 5.17. The Labute approximate surface area is 132 Å². The molecular weight excluding hydrogens is 340 g/mol. The zero-order valence-corrected chi connectivity index (χ0v) is 13.8. The van der Waals surface area contributed by atoms with Gasteiger partial charge >= 0.3 is 0 Å². The van der Waals surface area contributed by atoms with Crippen LogP contribution in [0, 0.1) is 0 Å². The van der Waals surface area contributed by atoms with Crippen molar-refractivity contribution in [1.29, 1.82) is 0 Å². The maximum atomic E-state index is 5.92. The number of nitrogens with zero attached hydrogens (tertiary/aromatic N) is 2. The van der Waals surface area contributed by atoms with E-state index in [-0.39, 0.29) is 0 Å². The van der Waals surface area contributed by atoms with Gasteiger partial charge in [0, 0.05) is 29.4 Å². The first-order valence-corrected chi connectivity index (χ1v) is 8.39. The molecule has 108 valence electrons. The summed E-state index contributed by atoms with van der Waals surface area (Å²) < 4.78 is 9.12. The van der Waals surface area contributed by atoms with Crippen LogP contribution < -0.4 is 0 Å². The van der Waals surface area contributed by atoms with Gasteiger partial charge in [-0.3, -0.25) is 0 Å². The number of ether oxygens (including phenoxy) is 1. The predicted octanol–water partition coefficient (Wildman–Crippen LogP) is 4.32. The molecule has 0 spiro atoms.